The van der Waals surface area contributed by atoms with Crippen LogP contribution >= 0.6 is 0 Å². The average molecular weight is 446 g/mol. The number of aromatic nitrogens is 1. The van der Waals surface area contributed by atoms with Gasteiger partial charge in [0, 0.05) is 35.1 Å². The summed E-state index contributed by atoms with van der Waals surface area (Å²) in [5, 5.41) is 7.02. The van der Waals surface area contributed by atoms with Crippen LogP contribution in [0.15, 0.2) is 82.6 Å². The highest BCUT2D eigenvalue weighted by molar-refractivity contribution is 7.91. The number of hydrogen-bond donors (Lipinski definition) is 2. The van der Waals surface area contributed by atoms with Gasteiger partial charge in [-0.1, -0.05) is 11.6 Å². The molecule has 0 atom stereocenters. The first-order valence-corrected chi connectivity index (χ1v) is 11.6. The Balaban J connectivity index is 1.60. The molecule has 0 aliphatic carbocycles. The third kappa shape index (κ3) is 4.48. The Bertz CT molecular complexity index is 1410. The maximum absolute atomic E-state index is 13.0. The summed E-state index contributed by atoms with van der Waals surface area (Å²) in [5.74, 6) is -0.212. The Morgan fingerprint density at radius 1 is 0.812 bits per heavy atom. The monoisotopic (exact) mass is 445 g/mol. The maximum Gasteiger partial charge on any atom is 0.221 e. The molecule has 0 saturated carbocycles. The van der Waals surface area contributed by atoms with Crippen LogP contribution in [-0.2, 0) is 14.6 Å². The van der Waals surface area contributed by atoms with Crippen LogP contribution in [-0.4, -0.2) is 19.3 Å². The number of amides is 1. The smallest absolute Gasteiger partial charge is 0.221 e. The maximum atomic E-state index is 13.0. The van der Waals surface area contributed by atoms with Gasteiger partial charge in [0.05, 0.1) is 15.3 Å². The Morgan fingerprint density at radius 3 is 2.00 bits per heavy atom. The highest BCUT2D eigenvalue weighted by Gasteiger charge is 2.17. The lowest BCUT2D eigenvalue weighted by Crippen LogP contribution is -2.06. The summed E-state index contributed by atoms with van der Waals surface area (Å²) in [5.41, 5.74) is 5.17. The van der Waals surface area contributed by atoms with Crippen molar-refractivity contribution in [2.45, 2.75) is 30.6 Å². The number of nitrogens with zero attached hydrogens (tertiary/aromatic N) is 1. The number of hydrogen-bond acceptors (Lipinski definition) is 5. The number of carbonyl (C=O) groups excluding carboxylic acids is 1. The van der Waals surface area contributed by atoms with Crippen molar-refractivity contribution < 1.29 is 13.2 Å². The fourth-order valence-electron chi connectivity index (χ4n) is 3.51. The van der Waals surface area contributed by atoms with E-state index >= 15 is 0 Å². The summed E-state index contributed by atoms with van der Waals surface area (Å²) >= 11 is 0. The topological polar surface area (TPSA) is 88.2 Å². The molecule has 0 spiro atoms. The van der Waals surface area contributed by atoms with Gasteiger partial charge < -0.3 is 10.6 Å². The molecule has 2 N–H and O–H groups in total. The van der Waals surface area contributed by atoms with Crippen LogP contribution in [0.5, 0.6) is 0 Å². The van der Waals surface area contributed by atoms with Gasteiger partial charge in [-0.2, -0.15) is 0 Å². The van der Waals surface area contributed by atoms with E-state index in [1.54, 1.807) is 36.4 Å². The first-order valence-electron chi connectivity index (χ1n) is 10.1. The number of benzene rings is 3. The van der Waals surface area contributed by atoms with Gasteiger partial charge in [0.1, 0.15) is 0 Å². The van der Waals surface area contributed by atoms with Crippen molar-refractivity contribution in [2.75, 3.05) is 10.6 Å². The SMILES string of the molecule is CC(=O)Nc1ccc(S(=O)(=O)c2ccc(Nc3cc(C)nc4ccc(C)cc34)cc2)cc1. The van der Waals surface area contributed by atoms with E-state index in [4.69, 9.17) is 0 Å². The van der Waals surface area contributed by atoms with Crippen LogP contribution in [0.1, 0.15) is 18.2 Å². The molecule has 6 nitrogen and oxygen atoms in total. The number of rotatable bonds is 5. The van der Waals surface area contributed by atoms with Gasteiger partial charge in [-0.25, -0.2) is 8.42 Å². The van der Waals surface area contributed by atoms with Gasteiger partial charge in [-0.15, -0.1) is 0 Å². The molecule has 7 heteroatoms. The van der Waals surface area contributed by atoms with Crippen LogP contribution in [0.2, 0.25) is 0 Å². The number of nitrogens with one attached hydrogen (secondary N) is 2. The van der Waals surface area contributed by atoms with Crippen molar-refractivity contribution in [3.8, 4) is 0 Å². The third-order valence-corrected chi connectivity index (χ3v) is 6.81. The molecule has 162 valence electrons. The first kappa shape index (κ1) is 21.5. The molecule has 0 unspecified atom stereocenters. The van der Waals surface area contributed by atoms with Gasteiger partial charge in [0.25, 0.3) is 0 Å². The highest BCUT2D eigenvalue weighted by atomic mass is 32.2. The molecule has 4 rings (SSSR count). The summed E-state index contributed by atoms with van der Waals surface area (Å²) in [6.07, 6.45) is 0. The number of fused-ring (bicyclic) bond motifs is 1. The van der Waals surface area contributed by atoms with Crippen molar-refractivity contribution in [3.05, 3.63) is 84.1 Å². The molecule has 1 heterocycles. The minimum atomic E-state index is -3.67. The van der Waals surface area contributed by atoms with Crippen LogP contribution in [0, 0.1) is 13.8 Å². The lowest BCUT2D eigenvalue weighted by Gasteiger charge is -2.12. The average Bonchev–Trinajstić information content (AvgIpc) is 2.74. The Morgan fingerprint density at radius 2 is 1.41 bits per heavy atom. The summed E-state index contributed by atoms with van der Waals surface area (Å²) in [6.45, 7) is 5.38. The Kier molecular flexibility index (Phi) is 5.67. The van der Waals surface area contributed by atoms with Gasteiger partial charge in [0.15, 0.2) is 0 Å². The number of sulfone groups is 1. The standard InChI is InChI=1S/C25H23N3O3S/c1-16-4-13-24-23(14-16)25(15-17(2)26-24)28-20-7-11-22(12-8-20)32(30,31)21-9-5-19(6-10-21)27-18(3)29/h4-15H,1-3H3,(H,26,28)(H,27,29). The zero-order chi connectivity index (χ0) is 22.9. The third-order valence-electron chi connectivity index (χ3n) is 5.02. The summed E-state index contributed by atoms with van der Waals surface area (Å²) in [7, 11) is -3.67. The van der Waals surface area contributed by atoms with E-state index in [-0.39, 0.29) is 15.7 Å². The van der Waals surface area contributed by atoms with Crippen molar-refractivity contribution in [3.63, 3.8) is 0 Å². The zero-order valence-electron chi connectivity index (χ0n) is 18.0. The predicted molar refractivity (Wildman–Crippen MR) is 127 cm³/mol. The second-order valence-electron chi connectivity index (χ2n) is 7.69. The molecule has 4 aromatic rings. The van der Waals surface area contributed by atoms with Gasteiger partial charge in [0.2, 0.25) is 15.7 Å². The molecular formula is C25H23N3O3S. The first-order chi connectivity index (χ1) is 15.2. The van der Waals surface area contributed by atoms with Gasteiger partial charge >= 0.3 is 0 Å². The molecule has 0 fully saturated rings. The zero-order valence-corrected chi connectivity index (χ0v) is 18.8. The van der Waals surface area contributed by atoms with Crippen molar-refractivity contribution in [1.29, 1.82) is 0 Å². The number of anilines is 3. The number of pyridine rings is 1. The van der Waals surface area contributed by atoms with Gasteiger partial charge in [-0.05, 0) is 80.6 Å². The lowest BCUT2D eigenvalue weighted by atomic mass is 10.1. The van der Waals surface area contributed by atoms with Gasteiger partial charge in [-0.3, -0.25) is 9.78 Å². The van der Waals surface area contributed by atoms with E-state index in [2.05, 4.69) is 21.7 Å². The minimum absolute atomic E-state index is 0.165. The molecule has 0 aliphatic rings. The van der Waals surface area contributed by atoms with Crippen molar-refractivity contribution in [1.82, 2.24) is 4.98 Å². The molecule has 32 heavy (non-hydrogen) atoms. The van der Waals surface area contributed by atoms with Crippen LogP contribution in [0.3, 0.4) is 0 Å². The van der Waals surface area contributed by atoms with Crippen LogP contribution in [0.25, 0.3) is 10.9 Å². The lowest BCUT2D eigenvalue weighted by molar-refractivity contribution is -0.114. The Hall–Kier alpha value is -3.71. The molecule has 1 amide bonds. The highest BCUT2D eigenvalue weighted by Crippen LogP contribution is 2.29. The second kappa shape index (κ2) is 8.43. The van der Waals surface area contributed by atoms with Crippen LogP contribution in [0.4, 0.5) is 17.1 Å². The summed E-state index contributed by atoms with van der Waals surface area (Å²) in [6, 6.07) is 20.9. The van der Waals surface area contributed by atoms with E-state index in [9.17, 15) is 13.2 Å². The Labute approximate surface area is 187 Å². The fraction of sp³-hybridized carbons (Fsp3) is 0.120. The van der Waals surface area contributed by atoms with E-state index in [1.807, 2.05) is 32.0 Å². The van der Waals surface area contributed by atoms with Crippen molar-refractivity contribution in [2.24, 2.45) is 0 Å². The number of carbonyl (C=O) groups is 1. The predicted octanol–water partition coefficient (Wildman–Crippen LogP) is 5.39. The largest absolute Gasteiger partial charge is 0.355 e. The molecule has 0 saturated heterocycles. The summed E-state index contributed by atoms with van der Waals surface area (Å²) < 4.78 is 26.0. The number of aryl methyl sites for hydroxylation is 2. The fourth-order valence-corrected chi connectivity index (χ4v) is 4.77. The molecule has 3 aromatic carbocycles. The van der Waals surface area contributed by atoms with Crippen LogP contribution < -0.4 is 10.6 Å². The molecule has 1 aromatic heterocycles. The molecular weight excluding hydrogens is 422 g/mol. The molecule has 0 radical (unpaired) electrons. The minimum Gasteiger partial charge on any atom is -0.355 e. The van der Waals surface area contributed by atoms with Crippen molar-refractivity contribution >= 4 is 43.7 Å². The molecule has 0 aliphatic heterocycles. The molecule has 0 bridgehead atoms. The normalized spacial score (nSPS) is 11.3. The van der Waals surface area contributed by atoms with E-state index < -0.39 is 9.84 Å². The van der Waals surface area contributed by atoms with E-state index in [0.717, 1.165) is 33.5 Å². The van der Waals surface area contributed by atoms with E-state index in [0.29, 0.717) is 5.69 Å². The quantitative estimate of drug-likeness (QED) is 0.430. The van der Waals surface area contributed by atoms with E-state index in [1.165, 1.54) is 19.1 Å². The summed E-state index contributed by atoms with van der Waals surface area (Å²) in [4.78, 5) is 16.1. The second-order valence-corrected chi connectivity index (χ2v) is 9.64.